The molecule has 3 fully saturated rings. The van der Waals surface area contributed by atoms with Crippen LogP contribution in [0.15, 0.2) is 79.9 Å². The molecule has 49 heavy (non-hydrogen) atoms. The van der Waals surface area contributed by atoms with Gasteiger partial charge in [-0.25, -0.2) is 0 Å². The monoisotopic (exact) mass is 670 g/mol. The Labute approximate surface area is 292 Å². The van der Waals surface area contributed by atoms with E-state index in [0.29, 0.717) is 24.2 Å². The molecule has 3 heterocycles. The number of anilines is 3. The number of aliphatic hydroxyl groups is 1. The van der Waals surface area contributed by atoms with Crippen molar-refractivity contribution in [2.75, 3.05) is 47.5 Å². The maximum absolute atomic E-state index is 15.2. The van der Waals surface area contributed by atoms with Crippen LogP contribution in [0.4, 0.5) is 17.1 Å². The maximum atomic E-state index is 15.2. The average molecular weight is 671 g/mol. The van der Waals surface area contributed by atoms with Crippen LogP contribution in [0.5, 0.6) is 0 Å². The van der Waals surface area contributed by atoms with Gasteiger partial charge in [-0.3, -0.25) is 14.4 Å². The number of para-hydroxylation sites is 1. The van der Waals surface area contributed by atoms with Crippen LogP contribution >= 0.6 is 0 Å². The summed E-state index contributed by atoms with van der Waals surface area (Å²) < 4.78 is 7.07. The van der Waals surface area contributed by atoms with Gasteiger partial charge in [-0.2, -0.15) is 0 Å². The van der Waals surface area contributed by atoms with Gasteiger partial charge in [0.25, 0.3) is 5.91 Å². The number of ether oxygens (including phenoxy) is 1. The number of amides is 3. The van der Waals surface area contributed by atoms with Crippen molar-refractivity contribution >= 4 is 34.8 Å². The predicted octanol–water partition coefficient (Wildman–Crippen LogP) is 5.69. The third-order valence-corrected chi connectivity index (χ3v) is 11.6. The van der Waals surface area contributed by atoms with Crippen LogP contribution in [0, 0.1) is 23.7 Å². The lowest BCUT2D eigenvalue weighted by atomic mass is 9.62. The molecule has 1 spiro atoms. The molecular weight excluding hydrogens is 616 g/mol. The number of likely N-dealkylation sites (tertiary alicyclic amines) is 1. The summed E-state index contributed by atoms with van der Waals surface area (Å²) in [6.45, 7) is 21.9. The number of hydrogen-bond acceptors (Lipinski definition) is 6. The highest BCUT2D eigenvalue weighted by Crippen LogP contribution is 2.66. The normalized spacial score (nSPS) is 28.1. The summed E-state index contributed by atoms with van der Waals surface area (Å²) in [5.41, 5.74) is 0.180. The predicted molar refractivity (Wildman–Crippen MR) is 195 cm³/mol. The van der Waals surface area contributed by atoms with E-state index >= 15 is 9.59 Å². The zero-order valence-corrected chi connectivity index (χ0v) is 30.0. The quantitative estimate of drug-likeness (QED) is 0.245. The van der Waals surface area contributed by atoms with E-state index in [-0.39, 0.29) is 49.3 Å². The SMILES string of the molecule is C=CCN(C(=O)C1N([C@@H](CO)[C@@H](C)CC)C(=O)[C@@H]2[C@@H](C(=O)N(CC=C)c3ccccc3)[C@]3(C)OC12CC3C)c1ccc(N(CC)CC)cc1. The zero-order chi connectivity index (χ0) is 35.7. The van der Waals surface area contributed by atoms with E-state index in [1.807, 2.05) is 82.3 Å². The fourth-order valence-electron chi connectivity index (χ4n) is 8.76. The summed E-state index contributed by atoms with van der Waals surface area (Å²) in [5.74, 6) is -2.83. The molecule has 3 amide bonds. The van der Waals surface area contributed by atoms with Gasteiger partial charge in [-0.1, -0.05) is 57.5 Å². The van der Waals surface area contributed by atoms with Gasteiger partial charge >= 0.3 is 0 Å². The molecule has 2 aromatic rings. The number of nitrogens with zero attached hydrogens (tertiary/aromatic N) is 4. The summed E-state index contributed by atoms with van der Waals surface area (Å²) >= 11 is 0. The van der Waals surface area contributed by atoms with Gasteiger partial charge in [0.05, 0.1) is 30.1 Å². The molecule has 1 N–H and O–H groups in total. The second kappa shape index (κ2) is 14.5. The number of benzene rings is 2. The number of aliphatic hydroxyl groups excluding tert-OH is 1. The third kappa shape index (κ3) is 5.88. The van der Waals surface area contributed by atoms with Crippen molar-refractivity contribution in [3.05, 3.63) is 79.9 Å². The fourth-order valence-corrected chi connectivity index (χ4v) is 8.76. The molecule has 8 atom stereocenters. The number of carbonyl (C=O) groups excluding carboxylic acids is 3. The highest BCUT2D eigenvalue weighted by atomic mass is 16.5. The first kappa shape index (κ1) is 36.3. The van der Waals surface area contributed by atoms with E-state index in [4.69, 9.17) is 4.74 Å². The van der Waals surface area contributed by atoms with Gasteiger partial charge in [-0.15, -0.1) is 13.2 Å². The van der Waals surface area contributed by atoms with Gasteiger partial charge in [0.15, 0.2) is 0 Å². The lowest BCUT2D eigenvalue weighted by Crippen LogP contribution is -2.60. The van der Waals surface area contributed by atoms with Crippen LogP contribution < -0.4 is 14.7 Å². The lowest BCUT2D eigenvalue weighted by Gasteiger charge is -2.41. The highest BCUT2D eigenvalue weighted by Gasteiger charge is 2.80. The molecule has 9 heteroatoms. The number of carbonyl (C=O) groups is 3. The zero-order valence-electron chi connectivity index (χ0n) is 30.0. The van der Waals surface area contributed by atoms with E-state index in [2.05, 4.69) is 31.9 Å². The minimum atomic E-state index is -1.26. The fraction of sp³-hybridized carbons (Fsp3) is 0.525. The molecular formula is C40H54N4O5. The van der Waals surface area contributed by atoms with Crippen LogP contribution in [0.25, 0.3) is 0 Å². The minimum absolute atomic E-state index is 0.110. The molecule has 0 aromatic heterocycles. The van der Waals surface area contributed by atoms with Gasteiger partial charge in [0, 0.05) is 43.2 Å². The maximum Gasteiger partial charge on any atom is 0.253 e. The summed E-state index contributed by atoms with van der Waals surface area (Å²) in [6, 6.07) is 15.6. The van der Waals surface area contributed by atoms with E-state index < -0.39 is 35.1 Å². The molecule has 3 unspecified atom stereocenters. The van der Waals surface area contributed by atoms with Crippen LogP contribution in [-0.4, -0.2) is 83.8 Å². The van der Waals surface area contributed by atoms with E-state index in [1.54, 1.807) is 26.9 Å². The highest BCUT2D eigenvalue weighted by molar-refractivity contribution is 6.07. The topological polar surface area (TPSA) is 93.6 Å². The molecule has 3 aliphatic heterocycles. The molecule has 0 saturated carbocycles. The molecule has 0 aliphatic carbocycles. The Hall–Kier alpha value is -3.95. The van der Waals surface area contributed by atoms with E-state index in [9.17, 15) is 9.90 Å². The molecule has 3 saturated heterocycles. The summed E-state index contributed by atoms with van der Waals surface area (Å²) in [7, 11) is 0. The lowest BCUT2D eigenvalue weighted by molar-refractivity contribution is -0.150. The minimum Gasteiger partial charge on any atom is -0.394 e. The van der Waals surface area contributed by atoms with Crippen molar-refractivity contribution in [2.45, 2.75) is 77.7 Å². The summed E-state index contributed by atoms with van der Waals surface area (Å²) in [6.07, 6.45) is 4.49. The average Bonchev–Trinajstić information content (AvgIpc) is 3.63. The molecule has 3 aliphatic rings. The first-order valence-corrected chi connectivity index (χ1v) is 17.9. The number of fused-ring (bicyclic) bond motifs is 1. The molecule has 5 rings (SSSR count). The Balaban J connectivity index is 1.65. The summed E-state index contributed by atoms with van der Waals surface area (Å²) in [5, 5.41) is 10.8. The van der Waals surface area contributed by atoms with Crippen LogP contribution in [0.2, 0.25) is 0 Å². The van der Waals surface area contributed by atoms with Gasteiger partial charge in [0.2, 0.25) is 11.8 Å². The van der Waals surface area contributed by atoms with Crippen molar-refractivity contribution in [3.8, 4) is 0 Å². The van der Waals surface area contributed by atoms with Crippen molar-refractivity contribution in [2.24, 2.45) is 23.7 Å². The van der Waals surface area contributed by atoms with Crippen molar-refractivity contribution in [1.29, 1.82) is 0 Å². The van der Waals surface area contributed by atoms with Crippen LogP contribution in [0.1, 0.15) is 54.4 Å². The van der Waals surface area contributed by atoms with Crippen molar-refractivity contribution in [3.63, 3.8) is 0 Å². The largest absolute Gasteiger partial charge is 0.394 e. The molecule has 0 radical (unpaired) electrons. The molecule has 2 bridgehead atoms. The molecule has 9 nitrogen and oxygen atoms in total. The standard InChI is InChI=1S/C40H54N4O5/c1-9-23-42(30-17-15-14-16-18-30)36(46)33-34-37(47)44(32(26-45)27(6)11-3)35(40(34)25-28(7)39(33,8)49-40)38(48)43(24-10-2)31-21-19-29(20-22-31)41(12-4)13-5/h9-10,14-22,27-28,32-35,45H,1-2,11-13,23-26H2,3-8H3/t27-,28?,32-,33-,34-,35?,39+,40?/m0/s1. The van der Waals surface area contributed by atoms with Gasteiger partial charge in [-0.05, 0) is 75.4 Å². The Morgan fingerprint density at radius 3 is 2.04 bits per heavy atom. The van der Waals surface area contributed by atoms with Gasteiger partial charge in [0.1, 0.15) is 11.6 Å². The van der Waals surface area contributed by atoms with E-state index in [0.717, 1.165) is 18.8 Å². The number of rotatable bonds is 15. The van der Waals surface area contributed by atoms with Crippen LogP contribution in [0.3, 0.4) is 0 Å². The molecule has 264 valence electrons. The van der Waals surface area contributed by atoms with Gasteiger partial charge < -0.3 is 29.4 Å². The Morgan fingerprint density at radius 2 is 1.51 bits per heavy atom. The first-order valence-electron chi connectivity index (χ1n) is 17.9. The Kier molecular flexibility index (Phi) is 10.7. The molecule has 2 aromatic carbocycles. The Bertz CT molecular complexity index is 1530. The first-order chi connectivity index (χ1) is 23.5. The smallest absolute Gasteiger partial charge is 0.253 e. The Morgan fingerprint density at radius 1 is 0.959 bits per heavy atom. The van der Waals surface area contributed by atoms with Crippen molar-refractivity contribution < 1.29 is 24.2 Å². The number of hydrogen-bond donors (Lipinski definition) is 1. The second-order valence-corrected chi connectivity index (χ2v) is 14.1. The van der Waals surface area contributed by atoms with Crippen LogP contribution in [-0.2, 0) is 19.1 Å². The summed E-state index contributed by atoms with van der Waals surface area (Å²) in [4.78, 5) is 52.3. The second-order valence-electron chi connectivity index (χ2n) is 14.1. The third-order valence-electron chi connectivity index (χ3n) is 11.6. The van der Waals surface area contributed by atoms with Crippen molar-refractivity contribution in [1.82, 2.24) is 4.90 Å². The van der Waals surface area contributed by atoms with E-state index in [1.165, 1.54) is 0 Å².